The van der Waals surface area contributed by atoms with Crippen molar-refractivity contribution >= 4 is 35.0 Å². The predicted octanol–water partition coefficient (Wildman–Crippen LogP) is 3.40. The maximum absolute atomic E-state index is 12.9. The fraction of sp³-hybridized carbons (Fsp3) is 0.543. The van der Waals surface area contributed by atoms with Gasteiger partial charge in [0.1, 0.15) is 0 Å². The number of aliphatic hydroxyl groups is 2. The number of carbonyl (C=O) groups is 1. The number of fused-ring (bicyclic) bond motifs is 2. The number of hydrogen-bond donors (Lipinski definition) is 4. The molecule has 2 aromatic carbocycles. The first-order valence-electron chi connectivity index (χ1n) is 17.2. The summed E-state index contributed by atoms with van der Waals surface area (Å²) in [6.45, 7) is 3.24. The van der Waals surface area contributed by atoms with Gasteiger partial charge in [0.25, 0.3) is 0 Å². The van der Waals surface area contributed by atoms with Crippen LogP contribution < -0.4 is 25.3 Å². The third-order valence-corrected chi connectivity index (χ3v) is 10.4. The standard InChI is InChI=1S/C35H47N9O4/c1-41(2)26-15-17-42(18-16-26)27-9-7-25(8-10-27)37-35(47)36-24-5-3-23(4-6-24)32-38-33(43-28(19-45)11-12-29(43)20-46)40-34(39-32)44-30-13-14-31(44)22-48-21-30/h3-10,26,28-31,45-46H,11-22H2,1-2H3,(H2,36,37,47). The molecule has 5 heterocycles. The van der Waals surface area contributed by atoms with Crippen molar-refractivity contribution in [3.63, 3.8) is 0 Å². The van der Waals surface area contributed by atoms with Crippen molar-refractivity contribution in [2.24, 2.45) is 0 Å². The molecule has 4 N–H and O–H groups in total. The van der Waals surface area contributed by atoms with E-state index in [4.69, 9.17) is 19.7 Å². The van der Waals surface area contributed by atoms with Gasteiger partial charge >= 0.3 is 6.03 Å². The number of nitrogens with one attached hydrogen (secondary N) is 2. The van der Waals surface area contributed by atoms with Crippen molar-refractivity contribution in [2.45, 2.75) is 68.7 Å². The zero-order chi connectivity index (χ0) is 33.2. The molecular formula is C35H47N9O4. The Hall–Kier alpha value is -4.04. The molecule has 4 fully saturated rings. The molecule has 0 aliphatic carbocycles. The molecule has 4 aliphatic heterocycles. The molecule has 2 bridgehead atoms. The molecule has 4 aliphatic rings. The van der Waals surface area contributed by atoms with Gasteiger partial charge in [0.2, 0.25) is 11.9 Å². The van der Waals surface area contributed by atoms with Gasteiger partial charge in [0, 0.05) is 41.8 Å². The molecule has 13 nitrogen and oxygen atoms in total. The minimum absolute atomic E-state index is 0.0435. The normalized spacial score (nSPS) is 24.4. The van der Waals surface area contributed by atoms with E-state index in [-0.39, 0.29) is 43.4 Å². The number of urea groups is 1. The molecule has 0 spiro atoms. The molecule has 7 rings (SSSR count). The molecule has 48 heavy (non-hydrogen) atoms. The minimum Gasteiger partial charge on any atom is -0.394 e. The summed E-state index contributed by atoms with van der Waals surface area (Å²) in [4.78, 5) is 36.5. The highest BCUT2D eigenvalue weighted by molar-refractivity contribution is 6.00. The number of anilines is 5. The number of nitrogens with zero attached hydrogens (tertiary/aromatic N) is 7. The van der Waals surface area contributed by atoms with Gasteiger partial charge in [-0.3, -0.25) is 0 Å². The van der Waals surface area contributed by atoms with E-state index < -0.39 is 0 Å². The van der Waals surface area contributed by atoms with Crippen molar-refractivity contribution in [1.29, 1.82) is 0 Å². The van der Waals surface area contributed by atoms with Crippen molar-refractivity contribution in [1.82, 2.24) is 19.9 Å². The Bertz CT molecular complexity index is 1520. The van der Waals surface area contributed by atoms with Crippen LogP contribution in [0.1, 0.15) is 38.5 Å². The lowest BCUT2D eigenvalue weighted by Crippen LogP contribution is -2.47. The highest BCUT2D eigenvalue weighted by Crippen LogP contribution is 2.36. The maximum Gasteiger partial charge on any atom is 0.323 e. The van der Waals surface area contributed by atoms with E-state index in [2.05, 4.69) is 51.6 Å². The lowest BCUT2D eigenvalue weighted by molar-refractivity contribution is 0.0897. The summed E-state index contributed by atoms with van der Waals surface area (Å²) in [5.41, 5.74) is 3.31. The van der Waals surface area contributed by atoms with Gasteiger partial charge in [-0.05, 0) is 101 Å². The minimum atomic E-state index is -0.325. The fourth-order valence-electron chi connectivity index (χ4n) is 7.71. The van der Waals surface area contributed by atoms with Crippen LogP contribution >= 0.6 is 0 Å². The van der Waals surface area contributed by atoms with Crippen LogP contribution in [0.5, 0.6) is 0 Å². The summed E-state index contributed by atoms with van der Waals surface area (Å²) in [5, 5.41) is 26.1. The first-order valence-corrected chi connectivity index (χ1v) is 17.2. The van der Waals surface area contributed by atoms with Crippen LogP contribution in [0.15, 0.2) is 48.5 Å². The predicted molar refractivity (Wildman–Crippen MR) is 187 cm³/mol. The van der Waals surface area contributed by atoms with Crippen LogP contribution in [0.2, 0.25) is 0 Å². The van der Waals surface area contributed by atoms with Gasteiger partial charge in [0.05, 0.1) is 50.6 Å². The maximum atomic E-state index is 12.9. The Balaban J connectivity index is 1.05. The Morgan fingerprint density at radius 2 is 1.31 bits per heavy atom. The number of ether oxygens (including phenoxy) is 1. The first-order chi connectivity index (χ1) is 23.4. The van der Waals surface area contributed by atoms with Crippen molar-refractivity contribution in [3.05, 3.63) is 48.5 Å². The Labute approximate surface area is 281 Å². The number of carbonyl (C=O) groups excluding carboxylic acids is 1. The van der Waals surface area contributed by atoms with Crippen LogP contribution in [-0.4, -0.2) is 120 Å². The third kappa shape index (κ3) is 6.77. The zero-order valence-corrected chi connectivity index (χ0v) is 27.8. The highest BCUT2D eigenvalue weighted by Gasteiger charge is 2.41. The monoisotopic (exact) mass is 657 g/mol. The Kier molecular flexibility index (Phi) is 9.62. The van der Waals surface area contributed by atoms with E-state index in [0.29, 0.717) is 42.7 Å². The summed E-state index contributed by atoms with van der Waals surface area (Å²) in [6.07, 6.45) is 5.83. The van der Waals surface area contributed by atoms with E-state index in [1.807, 2.05) is 41.3 Å². The lowest BCUT2D eigenvalue weighted by Gasteiger charge is -2.36. The number of aliphatic hydroxyl groups excluding tert-OH is 2. The van der Waals surface area contributed by atoms with Gasteiger partial charge in [-0.2, -0.15) is 15.0 Å². The van der Waals surface area contributed by atoms with Crippen LogP contribution in [-0.2, 0) is 4.74 Å². The molecule has 4 atom stereocenters. The van der Waals surface area contributed by atoms with Crippen molar-refractivity contribution in [3.8, 4) is 11.4 Å². The van der Waals surface area contributed by atoms with E-state index >= 15 is 0 Å². The van der Waals surface area contributed by atoms with Crippen molar-refractivity contribution < 1.29 is 19.7 Å². The summed E-state index contributed by atoms with van der Waals surface area (Å²) in [6, 6.07) is 15.8. The summed E-state index contributed by atoms with van der Waals surface area (Å²) in [5.74, 6) is 1.56. The number of hydrogen-bond acceptors (Lipinski definition) is 11. The molecule has 4 saturated heterocycles. The number of piperidine rings is 1. The molecule has 3 aromatic rings. The van der Waals surface area contributed by atoms with Crippen LogP contribution in [0.25, 0.3) is 11.4 Å². The summed E-state index contributed by atoms with van der Waals surface area (Å²) >= 11 is 0. The topological polar surface area (TPSA) is 142 Å². The van der Waals surface area contributed by atoms with Gasteiger partial charge < -0.3 is 45.2 Å². The number of aromatic nitrogens is 3. The number of morpholine rings is 1. The Morgan fingerprint density at radius 3 is 1.85 bits per heavy atom. The number of amides is 2. The molecule has 13 heteroatoms. The van der Waals surface area contributed by atoms with Gasteiger partial charge in [-0.15, -0.1) is 0 Å². The zero-order valence-electron chi connectivity index (χ0n) is 27.8. The second kappa shape index (κ2) is 14.2. The second-order valence-electron chi connectivity index (χ2n) is 13.6. The van der Waals surface area contributed by atoms with Crippen molar-refractivity contribution in [2.75, 3.05) is 78.9 Å². The van der Waals surface area contributed by atoms with E-state index in [1.54, 1.807) is 0 Å². The molecular weight excluding hydrogens is 610 g/mol. The molecule has 4 unspecified atom stereocenters. The molecule has 0 radical (unpaired) electrons. The largest absolute Gasteiger partial charge is 0.394 e. The lowest BCUT2D eigenvalue weighted by atomic mass is 10.0. The van der Waals surface area contributed by atoms with Gasteiger partial charge in [-0.25, -0.2) is 4.79 Å². The molecule has 256 valence electrons. The average Bonchev–Trinajstić information content (AvgIpc) is 3.65. The second-order valence-corrected chi connectivity index (χ2v) is 13.6. The summed E-state index contributed by atoms with van der Waals surface area (Å²) < 4.78 is 5.81. The number of rotatable bonds is 9. The third-order valence-electron chi connectivity index (χ3n) is 10.4. The SMILES string of the molecule is CN(C)C1CCN(c2ccc(NC(=O)Nc3ccc(-c4nc(N5C(CO)CCC5CO)nc(N5C6CCC5COC6)n4)cc3)cc2)CC1. The van der Waals surface area contributed by atoms with E-state index in [9.17, 15) is 15.0 Å². The van der Waals surface area contributed by atoms with Gasteiger partial charge in [0.15, 0.2) is 5.82 Å². The fourth-order valence-corrected chi connectivity index (χ4v) is 7.71. The van der Waals surface area contributed by atoms with E-state index in [1.165, 1.54) is 5.69 Å². The highest BCUT2D eigenvalue weighted by atomic mass is 16.5. The van der Waals surface area contributed by atoms with Gasteiger partial charge in [-0.1, -0.05) is 0 Å². The smallest absolute Gasteiger partial charge is 0.323 e. The van der Waals surface area contributed by atoms with Crippen LogP contribution in [0.4, 0.5) is 33.8 Å². The summed E-state index contributed by atoms with van der Waals surface area (Å²) in [7, 11) is 4.29. The quantitative estimate of drug-likeness (QED) is 0.269. The van der Waals surface area contributed by atoms with Crippen LogP contribution in [0.3, 0.4) is 0 Å². The van der Waals surface area contributed by atoms with Crippen LogP contribution in [0, 0.1) is 0 Å². The molecule has 2 amide bonds. The average molecular weight is 658 g/mol. The molecule has 1 aromatic heterocycles. The molecule has 0 saturated carbocycles. The Morgan fingerprint density at radius 1 is 0.771 bits per heavy atom. The first kappa shape index (κ1) is 32.5. The number of benzene rings is 2. The van der Waals surface area contributed by atoms with E-state index in [0.717, 1.165) is 62.9 Å².